The molecule has 0 fully saturated rings. The standard InChI is InChI=1S/C14H18N6S/c1-5-11-18-8(2)12(21-11)9(3)20(4)14-10-6-17-19-13(10)15-7-16-14/h6-7,9H,5H2,1-4H3,(H,15,16,17,19)/t9-/m1/s1. The number of thiazole rings is 1. The lowest BCUT2D eigenvalue weighted by atomic mass is 10.2. The highest BCUT2D eigenvalue weighted by Crippen LogP contribution is 2.33. The average molecular weight is 302 g/mol. The molecule has 0 bridgehead atoms. The lowest BCUT2D eigenvalue weighted by Gasteiger charge is -2.25. The lowest BCUT2D eigenvalue weighted by Crippen LogP contribution is -2.22. The van der Waals surface area contributed by atoms with E-state index in [1.807, 2.05) is 7.05 Å². The topological polar surface area (TPSA) is 70.6 Å². The number of H-pyrrole nitrogens is 1. The third-order valence-electron chi connectivity index (χ3n) is 3.70. The van der Waals surface area contributed by atoms with Gasteiger partial charge < -0.3 is 4.90 Å². The molecule has 0 aliphatic rings. The van der Waals surface area contributed by atoms with Crippen molar-refractivity contribution in [2.75, 3.05) is 11.9 Å². The van der Waals surface area contributed by atoms with E-state index in [4.69, 9.17) is 0 Å². The summed E-state index contributed by atoms with van der Waals surface area (Å²) in [5, 5.41) is 9.04. The maximum Gasteiger partial charge on any atom is 0.160 e. The van der Waals surface area contributed by atoms with E-state index in [1.165, 1.54) is 9.88 Å². The Balaban J connectivity index is 1.99. The molecular formula is C14H18N6S. The summed E-state index contributed by atoms with van der Waals surface area (Å²) < 4.78 is 0. The van der Waals surface area contributed by atoms with Crippen LogP contribution in [0.5, 0.6) is 0 Å². The van der Waals surface area contributed by atoms with Gasteiger partial charge in [0, 0.05) is 11.9 Å². The second kappa shape index (κ2) is 5.40. The highest BCUT2D eigenvalue weighted by molar-refractivity contribution is 7.11. The van der Waals surface area contributed by atoms with E-state index in [9.17, 15) is 0 Å². The van der Waals surface area contributed by atoms with Gasteiger partial charge in [0.25, 0.3) is 0 Å². The van der Waals surface area contributed by atoms with Crippen LogP contribution in [0.4, 0.5) is 5.82 Å². The van der Waals surface area contributed by atoms with Gasteiger partial charge in [0.15, 0.2) is 5.65 Å². The van der Waals surface area contributed by atoms with Crippen LogP contribution >= 0.6 is 11.3 Å². The summed E-state index contributed by atoms with van der Waals surface area (Å²) in [6, 6.07) is 0.204. The summed E-state index contributed by atoms with van der Waals surface area (Å²) >= 11 is 1.78. The Bertz CT molecular complexity index is 762. The summed E-state index contributed by atoms with van der Waals surface area (Å²) in [4.78, 5) is 16.7. The fraction of sp³-hybridized carbons (Fsp3) is 0.429. The Morgan fingerprint density at radius 1 is 1.38 bits per heavy atom. The van der Waals surface area contributed by atoms with Crippen LogP contribution in [-0.2, 0) is 6.42 Å². The van der Waals surface area contributed by atoms with Crippen LogP contribution in [0.3, 0.4) is 0 Å². The maximum atomic E-state index is 4.62. The van der Waals surface area contributed by atoms with Gasteiger partial charge >= 0.3 is 0 Å². The van der Waals surface area contributed by atoms with Gasteiger partial charge in [0.05, 0.1) is 28.3 Å². The van der Waals surface area contributed by atoms with Gasteiger partial charge in [-0.25, -0.2) is 15.0 Å². The smallest absolute Gasteiger partial charge is 0.160 e. The zero-order chi connectivity index (χ0) is 15.0. The molecule has 6 nitrogen and oxygen atoms in total. The Morgan fingerprint density at radius 2 is 2.19 bits per heavy atom. The monoisotopic (exact) mass is 302 g/mol. The number of anilines is 1. The van der Waals surface area contributed by atoms with E-state index in [1.54, 1.807) is 23.9 Å². The Hall–Kier alpha value is -2.02. The Labute approximate surface area is 127 Å². The lowest BCUT2D eigenvalue weighted by molar-refractivity contribution is 0.737. The molecule has 110 valence electrons. The number of hydrogen-bond acceptors (Lipinski definition) is 6. The van der Waals surface area contributed by atoms with E-state index >= 15 is 0 Å². The largest absolute Gasteiger partial charge is 0.351 e. The van der Waals surface area contributed by atoms with Crippen LogP contribution < -0.4 is 4.90 Å². The summed E-state index contributed by atoms with van der Waals surface area (Å²) in [5.41, 5.74) is 1.86. The van der Waals surface area contributed by atoms with Crippen LogP contribution in [0.2, 0.25) is 0 Å². The fourth-order valence-electron chi connectivity index (χ4n) is 2.40. The number of aromatic amines is 1. The first-order valence-electron chi connectivity index (χ1n) is 6.95. The molecule has 0 saturated carbocycles. The second-order valence-electron chi connectivity index (χ2n) is 5.03. The van der Waals surface area contributed by atoms with Crippen LogP contribution in [0.1, 0.15) is 35.5 Å². The van der Waals surface area contributed by atoms with Crippen LogP contribution in [0, 0.1) is 6.92 Å². The van der Waals surface area contributed by atoms with Crippen molar-refractivity contribution in [2.45, 2.75) is 33.2 Å². The molecule has 0 spiro atoms. The van der Waals surface area contributed by atoms with Gasteiger partial charge in [-0.3, -0.25) is 5.10 Å². The van der Waals surface area contributed by atoms with Crippen molar-refractivity contribution in [3.63, 3.8) is 0 Å². The average Bonchev–Trinajstić information content (AvgIpc) is 3.11. The first-order chi connectivity index (χ1) is 10.1. The van der Waals surface area contributed by atoms with Crippen molar-refractivity contribution in [3.8, 4) is 0 Å². The number of nitrogens with zero attached hydrogens (tertiary/aromatic N) is 5. The fourth-order valence-corrected chi connectivity index (χ4v) is 3.50. The first kappa shape index (κ1) is 13.9. The SMILES string of the molecule is CCc1nc(C)c([C@@H](C)N(C)c2ncnc3[nH]ncc23)s1. The van der Waals surface area contributed by atoms with Gasteiger partial charge in [-0.1, -0.05) is 6.92 Å². The third-order valence-corrected chi connectivity index (χ3v) is 5.17. The molecule has 3 aromatic rings. The van der Waals surface area contributed by atoms with Crippen molar-refractivity contribution in [1.82, 2.24) is 25.1 Å². The van der Waals surface area contributed by atoms with E-state index in [0.29, 0.717) is 0 Å². The molecule has 1 atom stereocenters. The van der Waals surface area contributed by atoms with E-state index in [0.717, 1.165) is 29.0 Å². The Kier molecular flexibility index (Phi) is 3.59. The molecule has 0 unspecified atom stereocenters. The van der Waals surface area contributed by atoms with E-state index in [-0.39, 0.29) is 6.04 Å². The molecule has 0 aliphatic carbocycles. The minimum absolute atomic E-state index is 0.204. The predicted octanol–water partition coefficient (Wildman–Crippen LogP) is 2.88. The van der Waals surface area contributed by atoms with Crippen LogP contribution in [0.25, 0.3) is 11.0 Å². The van der Waals surface area contributed by atoms with Crippen molar-refractivity contribution in [3.05, 3.63) is 28.1 Å². The molecule has 21 heavy (non-hydrogen) atoms. The molecule has 1 N–H and O–H groups in total. The third kappa shape index (κ3) is 2.37. The van der Waals surface area contributed by atoms with Gasteiger partial charge in [0.2, 0.25) is 0 Å². The second-order valence-corrected chi connectivity index (χ2v) is 6.14. The minimum atomic E-state index is 0.204. The molecule has 3 aromatic heterocycles. The molecule has 7 heteroatoms. The molecule has 0 aromatic carbocycles. The van der Waals surface area contributed by atoms with Crippen molar-refractivity contribution in [1.29, 1.82) is 0 Å². The van der Waals surface area contributed by atoms with Gasteiger partial charge in [-0.15, -0.1) is 11.3 Å². The number of nitrogens with one attached hydrogen (secondary N) is 1. The molecule has 0 aliphatic heterocycles. The van der Waals surface area contributed by atoms with E-state index < -0.39 is 0 Å². The molecule has 3 heterocycles. The highest BCUT2D eigenvalue weighted by Gasteiger charge is 2.21. The van der Waals surface area contributed by atoms with Crippen molar-refractivity contribution >= 4 is 28.2 Å². The molecule has 0 amide bonds. The summed E-state index contributed by atoms with van der Waals surface area (Å²) in [6.45, 7) is 6.38. The van der Waals surface area contributed by atoms with Gasteiger partial charge in [-0.05, 0) is 20.3 Å². The predicted molar refractivity (Wildman–Crippen MR) is 84.7 cm³/mol. The molecular weight excluding hydrogens is 284 g/mol. The molecule has 0 saturated heterocycles. The zero-order valence-corrected chi connectivity index (χ0v) is 13.4. The minimum Gasteiger partial charge on any atom is -0.351 e. The number of hydrogen-bond donors (Lipinski definition) is 1. The van der Waals surface area contributed by atoms with E-state index in [2.05, 4.69) is 50.8 Å². The quantitative estimate of drug-likeness (QED) is 0.802. The number of rotatable bonds is 4. The maximum absolute atomic E-state index is 4.62. The number of aryl methyl sites for hydroxylation is 2. The van der Waals surface area contributed by atoms with Crippen LogP contribution in [-0.4, -0.2) is 32.2 Å². The van der Waals surface area contributed by atoms with Crippen molar-refractivity contribution < 1.29 is 0 Å². The first-order valence-corrected chi connectivity index (χ1v) is 7.76. The summed E-state index contributed by atoms with van der Waals surface area (Å²) in [5.74, 6) is 0.882. The molecule has 0 radical (unpaired) electrons. The van der Waals surface area contributed by atoms with Crippen LogP contribution in [0.15, 0.2) is 12.5 Å². The van der Waals surface area contributed by atoms with Gasteiger partial charge in [0.1, 0.15) is 12.1 Å². The zero-order valence-electron chi connectivity index (χ0n) is 12.6. The highest BCUT2D eigenvalue weighted by atomic mass is 32.1. The van der Waals surface area contributed by atoms with Crippen molar-refractivity contribution in [2.24, 2.45) is 0 Å². The summed E-state index contributed by atoms with van der Waals surface area (Å²) in [7, 11) is 2.05. The number of fused-ring (bicyclic) bond motifs is 1. The number of aromatic nitrogens is 5. The van der Waals surface area contributed by atoms with Gasteiger partial charge in [-0.2, -0.15) is 5.10 Å². The normalized spacial score (nSPS) is 12.8. The molecule has 3 rings (SSSR count). The Morgan fingerprint density at radius 3 is 2.90 bits per heavy atom. The summed E-state index contributed by atoms with van der Waals surface area (Å²) in [6.07, 6.45) is 4.31.